The summed E-state index contributed by atoms with van der Waals surface area (Å²) >= 11 is 0. The summed E-state index contributed by atoms with van der Waals surface area (Å²) in [4.78, 5) is 26.9. The topological polar surface area (TPSA) is 52.6 Å². The first-order valence-corrected chi connectivity index (χ1v) is 14.1. The molecule has 4 heteroatoms. The minimum Gasteiger partial charge on any atom is -0.423 e. The average Bonchev–Trinajstić information content (AvgIpc) is 3.47. The molecule has 2 unspecified atom stereocenters. The van der Waals surface area contributed by atoms with E-state index in [1.807, 2.05) is 36.4 Å². The van der Waals surface area contributed by atoms with Gasteiger partial charge in [-0.05, 0) is 78.6 Å². The van der Waals surface area contributed by atoms with Gasteiger partial charge in [-0.1, -0.05) is 77.7 Å². The van der Waals surface area contributed by atoms with Gasteiger partial charge in [0.25, 0.3) is 0 Å². The number of carbonyl (C=O) groups is 2. The second-order valence-corrected chi connectivity index (χ2v) is 10.4. The first kappa shape index (κ1) is 26.9. The lowest BCUT2D eigenvalue weighted by molar-refractivity contribution is -0.133. The van der Waals surface area contributed by atoms with Gasteiger partial charge < -0.3 is 9.47 Å². The van der Waals surface area contributed by atoms with Gasteiger partial charge in [-0.3, -0.25) is 0 Å². The summed E-state index contributed by atoms with van der Waals surface area (Å²) in [6.07, 6.45) is 12.6. The Morgan fingerprint density at radius 1 is 0.595 bits per heavy atom. The van der Waals surface area contributed by atoms with E-state index in [1.54, 1.807) is 0 Å². The molecule has 0 spiro atoms. The monoisotopic (exact) mass is 500 g/mol. The molecule has 2 aliphatic rings. The van der Waals surface area contributed by atoms with Crippen LogP contribution in [-0.4, -0.2) is 11.9 Å². The van der Waals surface area contributed by atoms with Gasteiger partial charge in [0.2, 0.25) is 0 Å². The van der Waals surface area contributed by atoms with Gasteiger partial charge in [0, 0.05) is 11.8 Å². The van der Waals surface area contributed by atoms with Crippen LogP contribution in [-0.2, 0) is 35.3 Å². The van der Waals surface area contributed by atoms with E-state index in [1.165, 1.54) is 22.3 Å². The van der Waals surface area contributed by atoms with Crippen LogP contribution in [0.15, 0.2) is 59.7 Å². The molecule has 0 fully saturated rings. The molecule has 4 nitrogen and oxygen atoms in total. The Hall–Kier alpha value is -3.14. The highest BCUT2D eigenvalue weighted by Gasteiger charge is 2.43. The Kier molecular flexibility index (Phi) is 9.02. The molecule has 196 valence electrons. The van der Waals surface area contributed by atoms with E-state index in [-0.39, 0.29) is 11.8 Å². The summed E-state index contributed by atoms with van der Waals surface area (Å²) in [6.45, 7) is 8.58. The lowest BCUT2D eigenvalue weighted by Gasteiger charge is -2.16. The fraction of sp³-hybridized carbons (Fsp3) is 0.455. The molecule has 0 N–H and O–H groups in total. The van der Waals surface area contributed by atoms with Crippen LogP contribution in [0.5, 0.6) is 11.5 Å². The van der Waals surface area contributed by atoms with Crippen molar-refractivity contribution in [3.8, 4) is 11.5 Å². The third-order valence-electron chi connectivity index (χ3n) is 7.18. The molecule has 0 heterocycles. The molecular formula is C33H40O4. The molecule has 0 radical (unpaired) electrons. The number of allylic oxidation sites excluding steroid dienone is 2. The normalized spacial score (nSPS) is 17.9. The van der Waals surface area contributed by atoms with Crippen molar-refractivity contribution in [3.63, 3.8) is 0 Å². The van der Waals surface area contributed by atoms with Crippen molar-refractivity contribution in [2.24, 2.45) is 11.8 Å². The van der Waals surface area contributed by atoms with Gasteiger partial charge in [-0.25, -0.2) is 9.59 Å². The average molecular weight is 501 g/mol. The van der Waals surface area contributed by atoms with Crippen LogP contribution in [0.2, 0.25) is 0 Å². The van der Waals surface area contributed by atoms with Crippen molar-refractivity contribution in [2.45, 2.75) is 85.5 Å². The summed E-state index contributed by atoms with van der Waals surface area (Å²) in [6, 6.07) is 12.2. The minimum atomic E-state index is -0.439. The van der Waals surface area contributed by atoms with E-state index in [4.69, 9.17) is 9.47 Å². The molecule has 0 aromatic heterocycles. The molecule has 37 heavy (non-hydrogen) atoms. The second-order valence-electron chi connectivity index (χ2n) is 10.4. The zero-order valence-electron chi connectivity index (χ0n) is 22.8. The second kappa shape index (κ2) is 12.4. The molecule has 0 saturated carbocycles. The van der Waals surface area contributed by atoms with E-state index < -0.39 is 11.9 Å². The van der Waals surface area contributed by atoms with Crippen LogP contribution in [0.25, 0.3) is 0 Å². The third-order valence-corrected chi connectivity index (χ3v) is 7.18. The zero-order chi connectivity index (χ0) is 26.4. The van der Waals surface area contributed by atoms with Crippen LogP contribution in [0.3, 0.4) is 0 Å². The Labute approximate surface area is 221 Å². The number of rotatable bonds is 12. The number of benzene rings is 2. The van der Waals surface area contributed by atoms with E-state index in [0.717, 1.165) is 57.8 Å². The third kappa shape index (κ3) is 6.41. The number of esters is 2. The highest BCUT2D eigenvalue weighted by atomic mass is 16.5. The largest absolute Gasteiger partial charge is 0.423 e. The summed E-state index contributed by atoms with van der Waals surface area (Å²) in [7, 11) is 0. The van der Waals surface area contributed by atoms with Crippen molar-refractivity contribution in [1.29, 1.82) is 0 Å². The van der Waals surface area contributed by atoms with Crippen LogP contribution in [0.4, 0.5) is 0 Å². The van der Waals surface area contributed by atoms with Crippen LogP contribution >= 0.6 is 0 Å². The van der Waals surface area contributed by atoms with Crippen molar-refractivity contribution in [1.82, 2.24) is 0 Å². The molecule has 2 atom stereocenters. The SMILES string of the molecule is CCCc1cc(CCC)cc(OC(=O)C2=C(C(=O)Oc3cc(CCC)cc(CCC)c3)C3C=CC2C3)c1. The maximum Gasteiger partial charge on any atom is 0.340 e. The zero-order valence-corrected chi connectivity index (χ0v) is 22.8. The molecule has 2 aromatic carbocycles. The van der Waals surface area contributed by atoms with Gasteiger partial charge in [0.1, 0.15) is 11.5 Å². The first-order valence-electron chi connectivity index (χ1n) is 14.1. The minimum absolute atomic E-state index is 0.101. The predicted molar refractivity (Wildman–Crippen MR) is 148 cm³/mol. The fourth-order valence-corrected chi connectivity index (χ4v) is 5.68. The van der Waals surface area contributed by atoms with Crippen LogP contribution in [0, 0.1) is 11.8 Å². The number of fused-ring (bicyclic) bond motifs is 2. The van der Waals surface area contributed by atoms with Crippen molar-refractivity contribution >= 4 is 11.9 Å². The number of aryl methyl sites for hydroxylation is 4. The molecule has 2 bridgehead atoms. The molecular weight excluding hydrogens is 460 g/mol. The number of ether oxygens (including phenoxy) is 2. The number of hydrogen-bond acceptors (Lipinski definition) is 4. The Balaban J connectivity index is 1.60. The lowest BCUT2D eigenvalue weighted by atomic mass is 9.97. The summed E-state index contributed by atoms with van der Waals surface area (Å²) in [5.74, 6) is 0.0374. The van der Waals surface area contributed by atoms with E-state index in [9.17, 15) is 9.59 Å². The highest BCUT2D eigenvalue weighted by molar-refractivity contribution is 6.04. The maximum atomic E-state index is 13.5. The summed E-state index contributed by atoms with van der Waals surface area (Å²) in [5, 5.41) is 0. The molecule has 2 aliphatic carbocycles. The molecule has 4 rings (SSSR count). The lowest BCUT2D eigenvalue weighted by Crippen LogP contribution is -2.22. The number of hydrogen-bond donors (Lipinski definition) is 0. The highest BCUT2D eigenvalue weighted by Crippen LogP contribution is 2.45. The van der Waals surface area contributed by atoms with E-state index >= 15 is 0 Å². The Bertz CT molecular complexity index is 1060. The molecule has 0 saturated heterocycles. The van der Waals surface area contributed by atoms with Gasteiger partial charge in [0.05, 0.1) is 11.1 Å². The Morgan fingerprint density at radius 3 is 1.22 bits per heavy atom. The van der Waals surface area contributed by atoms with Gasteiger partial charge >= 0.3 is 11.9 Å². The van der Waals surface area contributed by atoms with Gasteiger partial charge in [-0.15, -0.1) is 0 Å². The molecule has 2 aromatic rings. The molecule has 0 amide bonds. The van der Waals surface area contributed by atoms with Crippen LogP contribution in [0.1, 0.15) is 82.1 Å². The van der Waals surface area contributed by atoms with Crippen molar-refractivity contribution in [2.75, 3.05) is 0 Å². The van der Waals surface area contributed by atoms with Gasteiger partial charge in [-0.2, -0.15) is 0 Å². The standard InChI is InChI=1S/C33H40O4/c1-5-9-22-15-23(10-6-2)18-28(17-22)36-32(34)30-26-13-14-27(21-26)31(30)33(35)37-29-19-24(11-7-3)16-25(20-29)12-8-4/h13-20,26-27H,5-12,21H2,1-4H3. The number of carbonyl (C=O) groups excluding carboxylic acids is 2. The quantitative estimate of drug-likeness (QED) is 0.172. The Morgan fingerprint density at radius 2 is 0.919 bits per heavy atom. The van der Waals surface area contributed by atoms with Crippen molar-refractivity contribution in [3.05, 3.63) is 82.0 Å². The van der Waals surface area contributed by atoms with E-state index in [2.05, 4.69) is 39.8 Å². The predicted octanol–water partition coefficient (Wildman–Crippen LogP) is 7.51. The van der Waals surface area contributed by atoms with Gasteiger partial charge in [0.15, 0.2) is 0 Å². The first-order chi connectivity index (χ1) is 17.9. The fourth-order valence-electron chi connectivity index (χ4n) is 5.68. The summed E-state index contributed by atoms with van der Waals surface area (Å²) in [5.41, 5.74) is 5.60. The van der Waals surface area contributed by atoms with Crippen molar-refractivity contribution < 1.29 is 19.1 Å². The van der Waals surface area contributed by atoms with Crippen LogP contribution < -0.4 is 9.47 Å². The van der Waals surface area contributed by atoms with E-state index in [0.29, 0.717) is 22.6 Å². The maximum absolute atomic E-state index is 13.5. The smallest absolute Gasteiger partial charge is 0.340 e. The summed E-state index contributed by atoms with van der Waals surface area (Å²) < 4.78 is 11.8. The molecule has 0 aliphatic heterocycles.